The van der Waals surface area contributed by atoms with Gasteiger partial charge in [0.1, 0.15) is 6.73 Å². The lowest BCUT2D eigenvalue weighted by Gasteiger charge is -2.25. The van der Waals surface area contributed by atoms with Gasteiger partial charge in [-0.25, -0.2) is 4.39 Å². The maximum absolute atomic E-state index is 13.6. The van der Waals surface area contributed by atoms with Gasteiger partial charge in [0.15, 0.2) is 5.82 Å². The van der Waals surface area contributed by atoms with Crippen LogP contribution in [0.2, 0.25) is 0 Å². The molecule has 1 aliphatic heterocycles. The number of aliphatic hydroxyl groups excluding tert-OH is 1. The summed E-state index contributed by atoms with van der Waals surface area (Å²) in [7, 11) is 0. The van der Waals surface area contributed by atoms with Gasteiger partial charge >= 0.3 is 0 Å². The van der Waals surface area contributed by atoms with Crippen molar-refractivity contribution in [2.45, 2.75) is 20.3 Å². The van der Waals surface area contributed by atoms with Crippen molar-refractivity contribution < 1.29 is 19.1 Å². The normalized spacial score (nSPS) is 21.9. The van der Waals surface area contributed by atoms with Crippen LogP contribution >= 0.6 is 0 Å². The van der Waals surface area contributed by atoms with Crippen LogP contribution in [-0.4, -0.2) is 33.5 Å². The zero-order valence-corrected chi connectivity index (χ0v) is 13.4. The number of aromatic nitrogens is 1. The zero-order chi connectivity index (χ0) is 17.5. The molecule has 2 N–H and O–H groups in total. The Kier molecular flexibility index (Phi) is 3.96. The maximum Gasteiger partial charge on any atom is 0.258 e. The minimum absolute atomic E-state index is 0.0598. The number of rotatable bonds is 3. The summed E-state index contributed by atoms with van der Waals surface area (Å²) in [4.78, 5) is 29.5. The number of allylic oxidation sites excluding steroid dienone is 3. The van der Waals surface area contributed by atoms with Gasteiger partial charge in [-0.1, -0.05) is 19.9 Å². The molecule has 126 valence electrons. The Morgan fingerprint density at radius 2 is 2.29 bits per heavy atom. The molecule has 1 aromatic heterocycles. The molecule has 0 spiro atoms. The fourth-order valence-corrected chi connectivity index (χ4v) is 3.22. The summed E-state index contributed by atoms with van der Waals surface area (Å²) in [5.41, 5.74) is 0.429. The fraction of sp³-hybridized carbons (Fsp3) is 0.353. The molecule has 0 saturated carbocycles. The summed E-state index contributed by atoms with van der Waals surface area (Å²) in [5.74, 6) is -1.50. The second-order valence-corrected chi connectivity index (χ2v) is 6.42. The van der Waals surface area contributed by atoms with Crippen LogP contribution in [0, 0.1) is 17.2 Å². The molecular formula is C17H18FN3O3. The Morgan fingerprint density at radius 1 is 1.54 bits per heavy atom. The van der Waals surface area contributed by atoms with E-state index >= 15 is 0 Å². The first kappa shape index (κ1) is 16.3. The maximum atomic E-state index is 13.6. The van der Waals surface area contributed by atoms with Crippen LogP contribution in [0.25, 0.3) is 0 Å². The second kappa shape index (κ2) is 5.83. The molecule has 1 aromatic rings. The number of likely N-dealkylation sites (tertiary alicyclic amines) is 1. The third-order valence-electron chi connectivity index (χ3n) is 4.63. The number of carbonyl (C=O) groups is 2. The van der Waals surface area contributed by atoms with E-state index in [9.17, 15) is 19.1 Å². The van der Waals surface area contributed by atoms with E-state index < -0.39 is 23.9 Å². The van der Waals surface area contributed by atoms with Crippen LogP contribution in [0.5, 0.6) is 0 Å². The molecule has 1 unspecified atom stereocenters. The lowest BCUT2D eigenvalue weighted by Crippen LogP contribution is -2.31. The highest BCUT2D eigenvalue weighted by molar-refractivity contribution is 5.96. The lowest BCUT2D eigenvalue weighted by molar-refractivity contribution is -0.137. The van der Waals surface area contributed by atoms with E-state index in [-0.39, 0.29) is 17.4 Å². The third-order valence-corrected chi connectivity index (χ3v) is 4.63. The zero-order valence-electron chi connectivity index (χ0n) is 13.4. The van der Waals surface area contributed by atoms with Gasteiger partial charge in [0.2, 0.25) is 5.91 Å². The first-order valence-corrected chi connectivity index (χ1v) is 7.61. The standard InChI is InChI=1S/C17H18FN3O3/c1-17(2)12-4-3-10(7-14(12)21(9-22)16(17)24)20-15(23)11-5-6-19-8-13(11)18/h3,5-8,12,22H,4,9H2,1-2H3,(H,20,23). The smallest absolute Gasteiger partial charge is 0.258 e. The van der Waals surface area contributed by atoms with E-state index in [0.717, 1.165) is 6.20 Å². The summed E-state index contributed by atoms with van der Waals surface area (Å²) in [6.45, 7) is 3.27. The number of halogens is 1. The van der Waals surface area contributed by atoms with Crippen molar-refractivity contribution >= 4 is 11.8 Å². The van der Waals surface area contributed by atoms with Gasteiger partial charge in [0.05, 0.1) is 17.2 Å². The predicted octanol–water partition coefficient (Wildman–Crippen LogP) is 1.56. The van der Waals surface area contributed by atoms with E-state index in [2.05, 4.69) is 10.3 Å². The number of aliphatic hydroxyl groups is 1. The number of nitrogens with zero attached hydrogens (tertiary/aromatic N) is 2. The van der Waals surface area contributed by atoms with Crippen molar-refractivity contribution in [1.82, 2.24) is 15.2 Å². The van der Waals surface area contributed by atoms with Gasteiger partial charge in [0.25, 0.3) is 5.91 Å². The highest BCUT2D eigenvalue weighted by Crippen LogP contribution is 2.47. The highest BCUT2D eigenvalue weighted by atomic mass is 19.1. The van der Waals surface area contributed by atoms with Crippen molar-refractivity contribution in [3.8, 4) is 0 Å². The molecule has 0 aromatic carbocycles. The van der Waals surface area contributed by atoms with E-state index in [4.69, 9.17) is 0 Å². The molecule has 1 aliphatic carbocycles. The molecule has 1 atom stereocenters. The molecule has 0 bridgehead atoms. The van der Waals surface area contributed by atoms with Crippen LogP contribution < -0.4 is 5.32 Å². The topological polar surface area (TPSA) is 82.5 Å². The Labute approximate surface area is 138 Å². The number of fused-ring (bicyclic) bond motifs is 1. The number of pyridine rings is 1. The van der Waals surface area contributed by atoms with E-state index in [1.807, 2.05) is 13.8 Å². The summed E-state index contributed by atoms with van der Waals surface area (Å²) in [6.07, 6.45) is 6.34. The number of hydrogen-bond acceptors (Lipinski definition) is 4. The van der Waals surface area contributed by atoms with Crippen LogP contribution in [-0.2, 0) is 4.79 Å². The van der Waals surface area contributed by atoms with Gasteiger partial charge < -0.3 is 10.4 Å². The molecule has 1 fully saturated rings. The fourth-order valence-electron chi connectivity index (χ4n) is 3.22. The molecular weight excluding hydrogens is 313 g/mol. The molecule has 6 nitrogen and oxygen atoms in total. The molecule has 2 heterocycles. The molecule has 24 heavy (non-hydrogen) atoms. The summed E-state index contributed by atoms with van der Waals surface area (Å²) >= 11 is 0. The SMILES string of the molecule is CC1(C)C(=O)N(CO)C2=CC(NC(=O)c3ccncc3F)=CCC21. The van der Waals surface area contributed by atoms with Crippen molar-refractivity contribution in [2.75, 3.05) is 6.73 Å². The molecule has 1 saturated heterocycles. The van der Waals surface area contributed by atoms with E-state index in [0.29, 0.717) is 17.8 Å². The van der Waals surface area contributed by atoms with Crippen LogP contribution in [0.15, 0.2) is 42.0 Å². The summed E-state index contributed by atoms with van der Waals surface area (Å²) in [6, 6.07) is 1.30. The van der Waals surface area contributed by atoms with Crippen molar-refractivity contribution in [1.29, 1.82) is 0 Å². The van der Waals surface area contributed by atoms with Crippen molar-refractivity contribution in [3.05, 3.63) is 53.4 Å². The van der Waals surface area contributed by atoms with Gasteiger partial charge in [-0.2, -0.15) is 0 Å². The number of nitrogens with one attached hydrogen (secondary N) is 1. The number of hydrogen-bond donors (Lipinski definition) is 2. The monoisotopic (exact) mass is 331 g/mol. The molecule has 2 amide bonds. The first-order chi connectivity index (χ1) is 11.4. The summed E-state index contributed by atoms with van der Waals surface area (Å²) in [5, 5.41) is 12.1. The Bertz CT molecular complexity index is 770. The Morgan fingerprint density at radius 3 is 2.96 bits per heavy atom. The molecule has 3 rings (SSSR count). The molecule has 0 radical (unpaired) electrons. The average molecular weight is 331 g/mol. The van der Waals surface area contributed by atoms with E-state index in [1.165, 1.54) is 17.2 Å². The van der Waals surface area contributed by atoms with Crippen molar-refractivity contribution in [3.63, 3.8) is 0 Å². The van der Waals surface area contributed by atoms with Crippen molar-refractivity contribution in [2.24, 2.45) is 11.3 Å². The molecule has 2 aliphatic rings. The van der Waals surface area contributed by atoms with Gasteiger partial charge in [-0.05, 0) is 18.6 Å². The second-order valence-electron chi connectivity index (χ2n) is 6.42. The van der Waals surface area contributed by atoms with E-state index in [1.54, 1.807) is 12.2 Å². The van der Waals surface area contributed by atoms with Crippen LogP contribution in [0.1, 0.15) is 30.6 Å². The average Bonchev–Trinajstić information content (AvgIpc) is 2.74. The minimum Gasteiger partial charge on any atom is -0.376 e. The Hall–Kier alpha value is -2.54. The lowest BCUT2D eigenvalue weighted by atomic mass is 9.76. The van der Waals surface area contributed by atoms with Crippen LogP contribution in [0.3, 0.4) is 0 Å². The van der Waals surface area contributed by atoms with Crippen LogP contribution in [0.4, 0.5) is 4.39 Å². The number of amides is 2. The quantitative estimate of drug-likeness (QED) is 0.880. The highest BCUT2D eigenvalue weighted by Gasteiger charge is 2.50. The Balaban J connectivity index is 1.84. The first-order valence-electron chi connectivity index (χ1n) is 7.61. The summed E-state index contributed by atoms with van der Waals surface area (Å²) < 4.78 is 13.6. The third kappa shape index (κ3) is 2.50. The predicted molar refractivity (Wildman–Crippen MR) is 83.6 cm³/mol. The minimum atomic E-state index is -0.703. The van der Waals surface area contributed by atoms with Gasteiger partial charge in [-0.3, -0.25) is 19.5 Å². The number of carbonyl (C=O) groups excluding carboxylic acids is 2. The largest absolute Gasteiger partial charge is 0.376 e. The van der Waals surface area contributed by atoms with Gasteiger partial charge in [0, 0.05) is 23.5 Å². The molecule has 7 heteroatoms. The van der Waals surface area contributed by atoms with Gasteiger partial charge in [-0.15, -0.1) is 0 Å².